The molecule has 0 saturated carbocycles. The molecule has 1 aromatic carbocycles. The predicted molar refractivity (Wildman–Crippen MR) is 98.9 cm³/mol. The molecule has 0 aliphatic carbocycles. The number of fused-ring (bicyclic) bond motifs is 1. The van der Waals surface area contributed by atoms with Gasteiger partial charge in [-0.15, -0.1) is 0 Å². The Morgan fingerprint density at radius 3 is 2.62 bits per heavy atom. The summed E-state index contributed by atoms with van der Waals surface area (Å²) in [4.78, 5) is 28.6. The SMILES string of the molecule is C=CC(=O)N1CCC(C(=O)N2CCCCc3c(Br)cccc32)CC1. The fourth-order valence-electron chi connectivity index (χ4n) is 3.67. The highest BCUT2D eigenvalue weighted by molar-refractivity contribution is 9.10. The first kappa shape index (κ1) is 17.2. The van der Waals surface area contributed by atoms with Gasteiger partial charge in [0.2, 0.25) is 11.8 Å². The molecule has 5 heteroatoms. The molecule has 2 aliphatic heterocycles. The zero-order chi connectivity index (χ0) is 17.1. The number of amides is 2. The van der Waals surface area contributed by atoms with Crippen LogP contribution < -0.4 is 4.90 Å². The lowest BCUT2D eigenvalue weighted by molar-refractivity contribution is -0.131. The van der Waals surface area contributed by atoms with E-state index in [0.717, 1.165) is 48.8 Å². The molecule has 1 aromatic rings. The summed E-state index contributed by atoms with van der Waals surface area (Å²) in [5.41, 5.74) is 2.29. The van der Waals surface area contributed by atoms with Crippen LogP contribution in [0.2, 0.25) is 0 Å². The summed E-state index contributed by atoms with van der Waals surface area (Å²) >= 11 is 3.63. The molecular formula is C19H23BrN2O2. The molecule has 0 radical (unpaired) electrons. The van der Waals surface area contributed by atoms with Crippen molar-refractivity contribution in [3.05, 3.63) is 40.9 Å². The molecule has 3 rings (SSSR count). The van der Waals surface area contributed by atoms with E-state index in [9.17, 15) is 9.59 Å². The van der Waals surface area contributed by atoms with Crippen molar-refractivity contribution in [1.82, 2.24) is 4.90 Å². The second kappa shape index (κ2) is 7.51. The molecule has 1 fully saturated rings. The summed E-state index contributed by atoms with van der Waals surface area (Å²) < 4.78 is 1.09. The van der Waals surface area contributed by atoms with E-state index in [1.807, 2.05) is 17.0 Å². The highest BCUT2D eigenvalue weighted by atomic mass is 79.9. The van der Waals surface area contributed by atoms with Crippen LogP contribution in [-0.2, 0) is 16.0 Å². The van der Waals surface area contributed by atoms with Crippen molar-refractivity contribution in [1.29, 1.82) is 0 Å². The molecule has 2 heterocycles. The number of hydrogen-bond donors (Lipinski definition) is 0. The summed E-state index contributed by atoms with van der Waals surface area (Å²) in [5.74, 6) is 0.177. The number of piperidine rings is 1. The molecule has 0 bridgehead atoms. The minimum atomic E-state index is -0.0371. The Balaban J connectivity index is 1.75. The minimum absolute atomic E-state index is 0.00352. The second-order valence-corrected chi connectivity index (χ2v) is 7.34. The third kappa shape index (κ3) is 3.41. The molecule has 4 nitrogen and oxygen atoms in total. The van der Waals surface area contributed by atoms with E-state index in [0.29, 0.717) is 13.1 Å². The van der Waals surface area contributed by atoms with Crippen molar-refractivity contribution in [2.24, 2.45) is 5.92 Å². The Morgan fingerprint density at radius 2 is 1.92 bits per heavy atom. The summed E-state index contributed by atoms with van der Waals surface area (Å²) in [6, 6.07) is 6.10. The second-order valence-electron chi connectivity index (χ2n) is 6.49. The number of rotatable bonds is 2. The normalized spacial score (nSPS) is 18.7. The Kier molecular flexibility index (Phi) is 5.39. The van der Waals surface area contributed by atoms with Crippen LogP contribution in [0.15, 0.2) is 35.3 Å². The molecule has 2 amide bonds. The Hall–Kier alpha value is -1.62. The number of likely N-dealkylation sites (tertiary alicyclic amines) is 1. The summed E-state index contributed by atoms with van der Waals surface area (Å²) in [5, 5.41) is 0. The van der Waals surface area contributed by atoms with Crippen molar-refractivity contribution in [2.45, 2.75) is 32.1 Å². The number of benzene rings is 1. The van der Waals surface area contributed by atoms with E-state index in [1.54, 1.807) is 4.90 Å². The molecule has 0 atom stereocenters. The van der Waals surface area contributed by atoms with Crippen molar-refractivity contribution >= 4 is 33.4 Å². The molecule has 128 valence electrons. The van der Waals surface area contributed by atoms with Gasteiger partial charge in [-0.2, -0.15) is 0 Å². The predicted octanol–water partition coefficient (Wildman–Crippen LogP) is 3.54. The maximum absolute atomic E-state index is 13.1. The molecule has 0 N–H and O–H groups in total. The fraction of sp³-hybridized carbons (Fsp3) is 0.474. The summed E-state index contributed by atoms with van der Waals surface area (Å²) in [6.07, 6.45) is 5.96. The van der Waals surface area contributed by atoms with Gasteiger partial charge in [0.15, 0.2) is 0 Å². The van der Waals surface area contributed by atoms with Gasteiger partial charge in [-0.3, -0.25) is 9.59 Å². The Bertz CT molecular complexity index is 651. The van der Waals surface area contributed by atoms with E-state index in [1.165, 1.54) is 11.6 Å². The number of carbonyl (C=O) groups is 2. The van der Waals surface area contributed by atoms with Gasteiger partial charge in [-0.25, -0.2) is 0 Å². The zero-order valence-corrected chi connectivity index (χ0v) is 15.4. The molecule has 0 aromatic heterocycles. The minimum Gasteiger partial charge on any atom is -0.339 e. The van der Waals surface area contributed by atoms with Crippen LogP contribution in [0.5, 0.6) is 0 Å². The van der Waals surface area contributed by atoms with Crippen molar-refractivity contribution in [3.8, 4) is 0 Å². The molecular weight excluding hydrogens is 368 g/mol. The van der Waals surface area contributed by atoms with Crippen LogP contribution in [0.3, 0.4) is 0 Å². The average Bonchev–Trinajstić information content (AvgIpc) is 2.84. The van der Waals surface area contributed by atoms with Gasteiger partial charge in [0, 0.05) is 35.7 Å². The van der Waals surface area contributed by atoms with Crippen LogP contribution >= 0.6 is 15.9 Å². The van der Waals surface area contributed by atoms with Crippen molar-refractivity contribution < 1.29 is 9.59 Å². The number of anilines is 1. The Labute approximate surface area is 151 Å². The first-order valence-corrected chi connectivity index (χ1v) is 9.41. The van der Waals surface area contributed by atoms with E-state index in [2.05, 4.69) is 28.6 Å². The van der Waals surface area contributed by atoms with E-state index >= 15 is 0 Å². The third-order valence-corrected chi connectivity index (χ3v) is 5.78. The van der Waals surface area contributed by atoms with Gasteiger partial charge >= 0.3 is 0 Å². The average molecular weight is 391 g/mol. The molecule has 0 spiro atoms. The largest absolute Gasteiger partial charge is 0.339 e. The zero-order valence-electron chi connectivity index (χ0n) is 13.8. The number of hydrogen-bond acceptors (Lipinski definition) is 2. The molecule has 0 unspecified atom stereocenters. The maximum Gasteiger partial charge on any atom is 0.245 e. The highest BCUT2D eigenvalue weighted by Gasteiger charge is 2.31. The van der Waals surface area contributed by atoms with Gasteiger partial charge in [0.25, 0.3) is 0 Å². The van der Waals surface area contributed by atoms with Crippen molar-refractivity contribution in [3.63, 3.8) is 0 Å². The van der Waals surface area contributed by atoms with Crippen LogP contribution in [0.25, 0.3) is 0 Å². The monoisotopic (exact) mass is 390 g/mol. The summed E-state index contributed by atoms with van der Waals surface area (Å²) in [6.45, 7) is 5.60. The smallest absolute Gasteiger partial charge is 0.245 e. The first-order chi connectivity index (χ1) is 11.6. The topological polar surface area (TPSA) is 40.6 Å². The van der Waals surface area contributed by atoms with E-state index in [-0.39, 0.29) is 17.7 Å². The van der Waals surface area contributed by atoms with Crippen LogP contribution in [0, 0.1) is 5.92 Å². The highest BCUT2D eigenvalue weighted by Crippen LogP contribution is 2.34. The number of halogens is 1. The van der Waals surface area contributed by atoms with Gasteiger partial charge in [0.1, 0.15) is 0 Å². The van der Waals surface area contributed by atoms with Gasteiger partial charge in [-0.05, 0) is 55.9 Å². The van der Waals surface area contributed by atoms with Gasteiger partial charge in [0.05, 0.1) is 0 Å². The number of nitrogens with zero attached hydrogens (tertiary/aromatic N) is 2. The third-order valence-electron chi connectivity index (χ3n) is 5.04. The fourth-order valence-corrected chi connectivity index (χ4v) is 4.22. The van der Waals surface area contributed by atoms with Crippen LogP contribution in [-0.4, -0.2) is 36.3 Å². The molecule has 2 aliphatic rings. The molecule has 1 saturated heterocycles. The van der Waals surface area contributed by atoms with Crippen molar-refractivity contribution in [2.75, 3.05) is 24.5 Å². The lowest BCUT2D eigenvalue weighted by Crippen LogP contribution is -2.44. The Morgan fingerprint density at radius 1 is 1.17 bits per heavy atom. The van der Waals surface area contributed by atoms with E-state index in [4.69, 9.17) is 0 Å². The molecule has 24 heavy (non-hydrogen) atoms. The lowest BCUT2D eigenvalue weighted by Gasteiger charge is -2.34. The quantitative estimate of drug-likeness (QED) is 0.724. The standard InChI is InChI=1S/C19H23BrN2O2/c1-2-18(23)21-12-9-14(10-13-21)19(24)22-11-4-3-6-15-16(20)7-5-8-17(15)22/h2,5,7-8,14H,1,3-4,6,9-13H2. The van der Waals surface area contributed by atoms with E-state index < -0.39 is 0 Å². The lowest BCUT2D eigenvalue weighted by atomic mass is 9.94. The van der Waals surface area contributed by atoms with Gasteiger partial charge in [-0.1, -0.05) is 28.6 Å². The first-order valence-electron chi connectivity index (χ1n) is 8.62. The maximum atomic E-state index is 13.1. The van der Waals surface area contributed by atoms with Crippen LogP contribution in [0.1, 0.15) is 31.2 Å². The number of carbonyl (C=O) groups excluding carboxylic acids is 2. The van der Waals surface area contributed by atoms with Crippen LogP contribution in [0.4, 0.5) is 5.69 Å². The summed E-state index contributed by atoms with van der Waals surface area (Å²) in [7, 11) is 0. The van der Waals surface area contributed by atoms with Gasteiger partial charge < -0.3 is 9.80 Å².